The monoisotopic (exact) mass is 279 g/mol. The number of thiophene rings is 1. The van der Waals surface area contributed by atoms with Gasteiger partial charge in [0.25, 0.3) is 0 Å². The standard InChI is InChI=1S/C18H17NS/c19-16(10-14-9-12-5-1-3-7-15(12)14)18-11-13-6-2-4-8-17(13)20-18/h1-8,11,14,16H,9-10,19H2. The first-order valence-electron chi connectivity index (χ1n) is 7.13. The Bertz CT molecular complexity index is 726. The van der Waals surface area contributed by atoms with Crippen LogP contribution in [0, 0.1) is 0 Å². The molecule has 1 aliphatic rings. The van der Waals surface area contributed by atoms with Crippen molar-refractivity contribution in [3.05, 3.63) is 70.6 Å². The van der Waals surface area contributed by atoms with E-state index in [-0.39, 0.29) is 6.04 Å². The van der Waals surface area contributed by atoms with E-state index >= 15 is 0 Å². The number of rotatable bonds is 3. The molecule has 0 amide bonds. The molecular formula is C18H17NS. The Labute approximate surface area is 123 Å². The molecule has 2 N–H and O–H groups in total. The summed E-state index contributed by atoms with van der Waals surface area (Å²) >= 11 is 1.84. The van der Waals surface area contributed by atoms with Gasteiger partial charge in [-0.05, 0) is 47.4 Å². The maximum Gasteiger partial charge on any atom is 0.0396 e. The van der Waals surface area contributed by atoms with E-state index < -0.39 is 0 Å². The highest BCUT2D eigenvalue weighted by Gasteiger charge is 2.27. The molecule has 1 heterocycles. The van der Waals surface area contributed by atoms with Gasteiger partial charge >= 0.3 is 0 Å². The molecule has 0 saturated heterocycles. The highest BCUT2D eigenvalue weighted by atomic mass is 32.1. The van der Waals surface area contributed by atoms with Gasteiger partial charge in [0, 0.05) is 15.6 Å². The molecule has 4 rings (SSSR count). The number of nitrogens with two attached hydrogens (primary N) is 1. The first-order valence-corrected chi connectivity index (χ1v) is 7.95. The average molecular weight is 279 g/mol. The summed E-state index contributed by atoms with van der Waals surface area (Å²) < 4.78 is 1.34. The molecule has 1 aliphatic carbocycles. The molecule has 20 heavy (non-hydrogen) atoms. The van der Waals surface area contributed by atoms with E-state index in [1.807, 2.05) is 11.3 Å². The molecule has 2 atom stereocenters. The van der Waals surface area contributed by atoms with E-state index in [0.717, 1.165) is 6.42 Å². The van der Waals surface area contributed by atoms with E-state index in [1.54, 1.807) is 0 Å². The van der Waals surface area contributed by atoms with E-state index in [0.29, 0.717) is 5.92 Å². The maximum absolute atomic E-state index is 6.44. The summed E-state index contributed by atoms with van der Waals surface area (Å²) in [5.74, 6) is 0.645. The minimum absolute atomic E-state index is 0.158. The average Bonchev–Trinajstić information content (AvgIpc) is 2.88. The van der Waals surface area contributed by atoms with Crippen molar-refractivity contribution in [3.63, 3.8) is 0 Å². The van der Waals surface area contributed by atoms with E-state index in [4.69, 9.17) is 5.73 Å². The first kappa shape index (κ1) is 12.1. The van der Waals surface area contributed by atoms with Gasteiger partial charge < -0.3 is 5.73 Å². The van der Waals surface area contributed by atoms with E-state index in [1.165, 1.54) is 32.5 Å². The summed E-state index contributed by atoms with van der Waals surface area (Å²) in [4.78, 5) is 1.32. The van der Waals surface area contributed by atoms with Gasteiger partial charge in [0.1, 0.15) is 0 Å². The second-order valence-corrected chi connectivity index (χ2v) is 6.74. The zero-order valence-electron chi connectivity index (χ0n) is 11.3. The molecule has 0 bridgehead atoms. The molecule has 0 saturated carbocycles. The van der Waals surface area contributed by atoms with Crippen molar-refractivity contribution in [2.45, 2.75) is 24.8 Å². The van der Waals surface area contributed by atoms with Gasteiger partial charge in [-0.1, -0.05) is 42.5 Å². The molecule has 3 aromatic rings. The van der Waals surface area contributed by atoms with Gasteiger partial charge in [0.15, 0.2) is 0 Å². The van der Waals surface area contributed by atoms with Crippen LogP contribution in [-0.4, -0.2) is 0 Å². The molecular weight excluding hydrogens is 262 g/mol. The summed E-state index contributed by atoms with van der Waals surface area (Å²) in [5.41, 5.74) is 9.44. The molecule has 0 aliphatic heterocycles. The third-order valence-corrected chi connectivity index (χ3v) is 5.56. The maximum atomic E-state index is 6.44. The lowest BCUT2D eigenvalue weighted by atomic mass is 9.74. The predicted molar refractivity (Wildman–Crippen MR) is 86.3 cm³/mol. The van der Waals surface area contributed by atoms with E-state index in [2.05, 4.69) is 54.6 Å². The van der Waals surface area contributed by atoms with Crippen molar-refractivity contribution < 1.29 is 0 Å². The van der Waals surface area contributed by atoms with Gasteiger partial charge in [0.05, 0.1) is 0 Å². The van der Waals surface area contributed by atoms with Crippen LogP contribution in [0.25, 0.3) is 10.1 Å². The van der Waals surface area contributed by atoms with Gasteiger partial charge in [-0.25, -0.2) is 0 Å². The van der Waals surface area contributed by atoms with Crippen LogP contribution in [0.5, 0.6) is 0 Å². The fourth-order valence-electron chi connectivity index (χ4n) is 3.18. The Kier molecular flexibility index (Phi) is 2.86. The van der Waals surface area contributed by atoms with Gasteiger partial charge in [-0.3, -0.25) is 0 Å². The lowest BCUT2D eigenvalue weighted by Crippen LogP contribution is -2.22. The van der Waals surface area contributed by atoms with Crippen LogP contribution in [0.15, 0.2) is 54.6 Å². The molecule has 0 radical (unpaired) electrons. The Morgan fingerprint density at radius 3 is 2.75 bits per heavy atom. The molecule has 100 valence electrons. The number of benzene rings is 2. The normalized spacial score (nSPS) is 18.6. The first-order chi connectivity index (χ1) is 9.81. The Balaban J connectivity index is 1.55. The quantitative estimate of drug-likeness (QED) is 0.743. The van der Waals surface area contributed by atoms with Crippen molar-refractivity contribution >= 4 is 21.4 Å². The smallest absolute Gasteiger partial charge is 0.0396 e. The lowest BCUT2D eigenvalue weighted by Gasteiger charge is -2.31. The van der Waals surface area contributed by atoms with Crippen molar-refractivity contribution in [2.75, 3.05) is 0 Å². The predicted octanol–water partition coefficient (Wildman–Crippen LogP) is 4.63. The molecule has 1 nitrogen and oxygen atoms in total. The Morgan fingerprint density at radius 1 is 1.10 bits per heavy atom. The molecule has 2 unspecified atom stereocenters. The number of fused-ring (bicyclic) bond motifs is 2. The van der Waals surface area contributed by atoms with Crippen LogP contribution in [0.2, 0.25) is 0 Å². The zero-order valence-corrected chi connectivity index (χ0v) is 12.1. The second-order valence-electron chi connectivity index (χ2n) is 5.63. The van der Waals surface area contributed by atoms with Crippen molar-refractivity contribution in [3.8, 4) is 0 Å². The fourth-order valence-corrected chi connectivity index (χ4v) is 4.26. The summed E-state index contributed by atoms with van der Waals surface area (Å²) in [6.45, 7) is 0. The Morgan fingerprint density at radius 2 is 1.90 bits per heavy atom. The van der Waals surface area contributed by atoms with Crippen LogP contribution in [0.1, 0.15) is 34.4 Å². The second kappa shape index (κ2) is 4.72. The van der Waals surface area contributed by atoms with Crippen LogP contribution < -0.4 is 5.73 Å². The SMILES string of the molecule is NC(CC1Cc2ccccc21)c1cc2ccccc2s1. The summed E-state index contributed by atoms with van der Waals surface area (Å²) in [6.07, 6.45) is 2.25. The van der Waals surface area contributed by atoms with E-state index in [9.17, 15) is 0 Å². The highest BCUT2D eigenvalue weighted by Crippen LogP contribution is 2.41. The summed E-state index contributed by atoms with van der Waals surface area (Å²) in [5, 5.41) is 1.32. The molecule has 2 heteroatoms. The Hall–Kier alpha value is -1.64. The van der Waals surface area contributed by atoms with Crippen LogP contribution in [-0.2, 0) is 6.42 Å². The largest absolute Gasteiger partial charge is 0.323 e. The third kappa shape index (κ3) is 1.96. The van der Waals surface area contributed by atoms with Gasteiger partial charge in [0.2, 0.25) is 0 Å². The van der Waals surface area contributed by atoms with Crippen molar-refractivity contribution in [1.82, 2.24) is 0 Å². The topological polar surface area (TPSA) is 26.0 Å². The molecule has 1 aromatic heterocycles. The van der Waals surface area contributed by atoms with Crippen molar-refractivity contribution in [1.29, 1.82) is 0 Å². The highest BCUT2D eigenvalue weighted by molar-refractivity contribution is 7.19. The minimum atomic E-state index is 0.158. The zero-order chi connectivity index (χ0) is 13.5. The van der Waals surface area contributed by atoms with Crippen LogP contribution >= 0.6 is 11.3 Å². The summed E-state index contributed by atoms with van der Waals surface area (Å²) in [6, 6.07) is 19.7. The molecule has 0 spiro atoms. The van der Waals surface area contributed by atoms with Crippen LogP contribution in [0.3, 0.4) is 0 Å². The van der Waals surface area contributed by atoms with Crippen molar-refractivity contribution in [2.24, 2.45) is 5.73 Å². The fraction of sp³-hybridized carbons (Fsp3) is 0.222. The summed E-state index contributed by atoms with van der Waals surface area (Å²) in [7, 11) is 0. The van der Waals surface area contributed by atoms with Gasteiger partial charge in [-0.2, -0.15) is 0 Å². The number of hydrogen-bond donors (Lipinski definition) is 1. The minimum Gasteiger partial charge on any atom is -0.323 e. The number of hydrogen-bond acceptors (Lipinski definition) is 2. The molecule has 0 fully saturated rings. The van der Waals surface area contributed by atoms with Crippen LogP contribution in [0.4, 0.5) is 0 Å². The van der Waals surface area contributed by atoms with Gasteiger partial charge in [-0.15, -0.1) is 11.3 Å². The molecule has 2 aromatic carbocycles. The lowest BCUT2D eigenvalue weighted by molar-refractivity contribution is 0.502. The third-order valence-electron chi connectivity index (χ3n) is 4.31.